The minimum Gasteiger partial charge on any atom is -0.456 e. The maximum Gasteiger partial charge on any atom is 0.137 e. The predicted octanol–water partition coefficient (Wildman–Crippen LogP) is 17.3. The number of furan rings is 1. The summed E-state index contributed by atoms with van der Waals surface area (Å²) in [5.41, 5.74) is 14.8. The molecule has 12 aromatic rings. The molecule has 0 unspecified atom stereocenters. The first-order chi connectivity index (χ1) is 31.0. The van der Waals surface area contributed by atoms with Crippen LogP contribution in [0.15, 0.2) is 217 Å². The van der Waals surface area contributed by atoms with Crippen molar-refractivity contribution in [3.63, 3.8) is 0 Å². The van der Waals surface area contributed by atoms with Crippen LogP contribution in [0.5, 0.6) is 0 Å². The van der Waals surface area contributed by atoms with Gasteiger partial charge in [-0.15, -0.1) is 0 Å². The van der Waals surface area contributed by atoms with Crippen LogP contribution < -0.4 is 4.90 Å². The van der Waals surface area contributed by atoms with Gasteiger partial charge < -0.3 is 9.32 Å². The van der Waals surface area contributed by atoms with Crippen LogP contribution in [0, 0.1) is 0 Å². The topological polar surface area (TPSA) is 16.4 Å². The molecule has 0 saturated carbocycles. The largest absolute Gasteiger partial charge is 0.456 e. The number of hydrogen-bond acceptors (Lipinski definition) is 2. The van der Waals surface area contributed by atoms with Crippen molar-refractivity contribution in [2.75, 3.05) is 4.90 Å². The Labute approximate surface area is 365 Å². The first-order valence-corrected chi connectivity index (χ1v) is 21.9. The smallest absolute Gasteiger partial charge is 0.137 e. The normalized spacial score (nSPS) is 13.0. The lowest BCUT2D eigenvalue weighted by Gasteiger charge is -2.31. The average molecular weight is 804 g/mol. The molecule has 0 N–H and O–H groups in total. The molecular weight excluding hydrogens is 763 g/mol. The maximum absolute atomic E-state index is 6.62. The summed E-state index contributed by atoms with van der Waals surface area (Å²) in [6.45, 7) is 4.76. The number of benzene rings is 11. The molecule has 0 aliphatic heterocycles. The van der Waals surface area contributed by atoms with E-state index >= 15 is 0 Å². The molecule has 0 fully saturated rings. The molecule has 296 valence electrons. The van der Waals surface area contributed by atoms with E-state index in [9.17, 15) is 0 Å². The number of nitrogens with zero attached hydrogens (tertiary/aromatic N) is 1. The molecule has 0 spiro atoms. The van der Waals surface area contributed by atoms with Gasteiger partial charge in [0.15, 0.2) is 0 Å². The van der Waals surface area contributed by atoms with Crippen molar-refractivity contribution in [2.45, 2.75) is 19.3 Å². The van der Waals surface area contributed by atoms with Crippen molar-refractivity contribution in [3.05, 3.63) is 223 Å². The minimum absolute atomic E-state index is 0.216. The second-order valence-corrected chi connectivity index (χ2v) is 17.6. The lowest BCUT2D eigenvalue weighted by molar-refractivity contribution is 0.661. The second-order valence-electron chi connectivity index (χ2n) is 17.6. The Bertz CT molecular complexity index is 3850. The highest BCUT2D eigenvalue weighted by atomic mass is 16.3. The van der Waals surface area contributed by atoms with E-state index in [0.717, 1.165) is 44.6 Å². The van der Waals surface area contributed by atoms with Crippen LogP contribution in [-0.4, -0.2) is 0 Å². The molecule has 1 aromatic heterocycles. The summed E-state index contributed by atoms with van der Waals surface area (Å²) in [7, 11) is 0. The Morgan fingerprint density at radius 3 is 1.86 bits per heavy atom. The van der Waals surface area contributed by atoms with E-state index in [4.69, 9.17) is 4.42 Å². The minimum atomic E-state index is -0.216. The molecule has 0 amide bonds. The van der Waals surface area contributed by atoms with Crippen LogP contribution in [0.3, 0.4) is 0 Å². The molecule has 13 rings (SSSR count). The zero-order valence-electron chi connectivity index (χ0n) is 35.1. The monoisotopic (exact) mass is 803 g/mol. The summed E-state index contributed by atoms with van der Waals surface area (Å²) in [5.74, 6) is 0. The van der Waals surface area contributed by atoms with Crippen molar-refractivity contribution in [2.24, 2.45) is 0 Å². The van der Waals surface area contributed by atoms with Gasteiger partial charge in [0.1, 0.15) is 11.2 Å². The van der Waals surface area contributed by atoms with Gasteiger partial charge in [0.2, 0.25) is 0 Å². The molecule has 2 heteroatoms. The maximum atomic E-state index is 6.62. The van der Waals surface area contributed by atoms with Crippen molar-refractivity contribution in [1.29, 1.82) is 0 Å². The Morgan fingerprint density at radius 1 is 0.349 bits per heavy atom. The number of fused-ring (bicyclic) bond motifs is 12. The summed E-state index contributed by atoms with van der Waals surface area (Å²) in [5, 5.41) is 12.2. The molecule has 0 radical (unpaired) electrons. The van der Waals surface area contributed by atoms with E-state index in [1.165, 1.54) is 82.0 Å². The number of anilines is 3. The molecule has 63 heavy (non-hydrogen) atoms. The lowest BCUT2D eigenvalue weighted by Crippen LogP contribution is -2.17. The van der Waals surface area contributed by atoms with Gasteiger partial charge in [0, 0.05) is 39.2 Å². The summed E-state index contributed by atoms with van der Waals surface area (Å²) in [6, 6.07) is 78.2. The van der Waals surface area contributed by atoms with E-state index in [2.05, 4.69) is 225 Å². The fourth-order valence-electron chi connectivity index (χ4n) is 10.8. The van der Waals surface area contributed by atoms with Crippen LogP contribution in [-0.2, 0) is 5.41 Å². The molecular formula is C61H41NO. The van der Waals surface area contributed by atoms with Gasteiger partial charge in [-0.1, -0.05) is 172 Å². The zero-order valence-corrected chi connectivity index (χ0v) is 35.1. The van der Waals surface area contributed by atoms with Crippen molar-refractivity contribution >= 4 is 82.1 Å². The quantitative estimate of drug-likeness (QED) is 0.161. The Balaban J connectivity index is 1.12. The van der Waals surface area contributed by atoms with Gasteiger partial charge in [-0.2, -0.15) is 0 Å². The molecule has 0 bridgehead atoms. The average Bonchev–Trinajstić information content (AvgIpc) is 3.82. The molecule has 0 atom stereocenters. The van der Waals surface area contributed by atoms with E-state index in [1.807, 2.05) is 6.07 Å². The zero-order chi connectivity index (χ0) is 41.8. The van der Waals surface area contributed by atoms with Crippen LogP contribution in [0.4, 0.5) is 17.1 Å². The third kappa shape index (κ3) is 5.38. The summed E-state index contributed by atoms with van der Waals surface area (Å²) < 4.78 is 6.62. The third-order valence-corrected chi connectivity index (χ3v) is 13.8. The van der Waals surface area contributed by atoms with Crippen molar-refractivity contribution < 1.29 is 4.42 Å². The first kappa shape index (κ1) is 35.8. The Kier molecular flexibility index (Phi) is 7.68. The van der Waals surface area contributed by atoms with E-state index in [-0.39, 0.29) is 5.41 Å². The number of hydrogen-bond donors (Lipinski definition) is 0. The van der Waals surface area contributed by atoms with Crippen LogP contribution >= 0.6 is 0 Å². The van der Waals surface area contributed by atoms with Gasteiger partial charge in [-0.3, -0.25) is 0 Å². The molecule has 1 heterocycles. The van der Waals surface area contributed by atoms with Crippen LogP contribution in [0.25, 0.3) is 98.4 Å². The molecule has 11 aromatic carbocycles. The van der Waals surface area contributed by atoms with Gasteiger partial charge >= 0.3 is 0 Å². The first-order valence-electron chi connectivity index (χ1n) is 21.9. The highest BCUT2D eigenvalue weighted by molar-refractivity contribution is 6.16. The number of rotatable bonds is 5. The summed E-state index contributed by atoms with van der Waals surface area (Å²) in [4.78, 5) is 2.47. The highest BCUT2D eigenvalue weighted by Gasteiger charge is 2.37. The third-order valence-electron chi connectivity index (χ3n) is 13.8. The van der Waals surface area contributed by atoms with Crippen molar-refractivity contribution in [1.82, 2.24) is 0 Å². The van der Waals surface area contributed by atoms with E-state index in [0.29, 0.717) is 0 Å². The Morgan fingerprint density at radius 2 is 1.00 bits per heavy atom. The number of para-hydroxylation sites is 1. The standard InChI is InChI=1S/C61H41NO/c1-61(2)54-33-28-39-15-5-8-19-46(39)60(54)52-32-30-43(36-55(52)61)62(44-29-31-50-49-22-11-12-25-57(49)63-58(50)37-44)56-24-13-23-51(59(56)42-27-26-38-14-3-4-16-40(38)34-42)53-35-41-17-6-7-18-45(41)47-20-9-10-21-48(47)53/h3-37H,1-2H3. The van der Waals surface area contributed by atoms with Crippen molar-refractivity contribution in [3.8, 4) is 33.4 Å². The fourth-order valence-corrected chi connectivity index (χ4v) is 10.8. The van der Waals surface area contributed by atoms with Gasteiger partial charge in [-0.05, 0) is 131 Å². The molecule has 2 nitrogen and oxygen atoms in total. The SMILES string of the molecule is CC1(C)c2cc(N(c3ccc4c(c3)oc3ccccc34)c3cccc(-c4cc5ccccc5c5ccccc45)c3-c3ccc4ccccc4c3)ccc2-c2c1ccc1ccccc21. The fraction of sp³-hybridized carbons (Fsp3) is 0.0492. The van der Waals surface area contributed by atoms with Crippen LogP contribution in [0.2, 0.25) is 0 Å². The van der Waals surface area contributed by atoms with E-state index < -0.39 is 0 Å². The second kappa shape index (κ2) is 13.5. The summed E-state index contributed by atoms with van der Waals surface area (Å²) in [6.07, 6.45) is 0. The predicted molar refractivity (Wildman–Crippen MR) is 267 cm³/mol. The van der Waals surface area contributed by atoms with Gasteiger partial charge in [0.05, 0.1) is 5.69 Å². The summed E-state index contributed by atoms with van der Waals surface area (Å²) >= 11 is 0. The lowest BCUT2D eigenvalue weighted by atomic mass is 9.82. The van der Waals surface area contributed by atoms with Gasteiger partial charge in [0.25, 0.3) is 0 Å². The Hall–Kier alpha value is -7.94. The molecule has 1 aliphatic rings. The molecule has 0 saturated heterocycles. The van der Waals surface area contributed by atoms with E-state index in [1.54, 1.807) is 0 Å². The van der Waals surface area contributed by atoms with Crippen LogP contribution in [0.1, 0.15) is 25.0 Å². The highest BCUT2D eigenvalue weighted by Crippen LogP contribution is 2.54. The van der Waals surface area contributed by atoms with Gasteiger partial charge in [-0.25, -0.2) is 0 Å². The molecule has 1 aliphatic carbocycles.